The Bertz CT molecular complexity index is 874. The van der Waals surface area contributed by atoms with Crippen LogP contribution in [0.5, 0.6) is 11.5 Å². The molecule has 0 aliphatic carbocycles. The Morgan fingerprint density at radius 2 is 1.80 bits per heavy atom. The van der Waals surface area contributed by atoms with Gasteiger partial charge in [0.05, 0.1) is 0 Å². The Hall–Kier alpha value is -3.26. The van der Waals surface area contributed by atoms with Crippen molar-refractivity contribution in [2.24, 2.45) is 0 Å². The van der Waals surface area contributed by atoms with Crippen LogP contribution in [-0.2, 0) is 4.79 Å². The smallest absolute Gasteiger partial charge is 0.266 e. The van der Waals surface area contributed by atoms with Gasteiger partial charge in [-0.05, 0) is 48.7 Å². The van der Waals surface area contributed by atoms with Crippen LogP contribution in [0.3, 0.4) is 0 Å². The van der Waals surface area contributed by atoms with Crippen molar-refractivity contribution < 1.29 is 14.3 Å². The highest BCUT2D eigenvalue weighted by Crippen LogP contribution is 2.31. The summed E-state index contributed by atoms with van der Waals surface area (Å²) in [5.41, 5.74) is 3.36. The molecule has 0 atom stereocenters. The zero-order valence-electron chi connectivity index (χ0n) is 14.1. The first-order valence-electron chi connectivity index (χ1n) is 7.97. The van der Waals surface area contributed by atoms with E-state index in [1.54, 1.807) is 24.3 Å². The number of hydrogen-bond donors (Lipinski definition) is 1. The number of carbonyl (C=O) groups is 1. The fraction of sp³-hybridized carbons (Fsp3) is 0.200. The molecule has 1 amide bonds. The summed E-state index contributed by atoms with van der Waals surface area (Å²) >= 11 is 0. The Labute approximate surface area is 146 Å². The summed E-state index contributed by atoms with van der Waals surface area (Å²) in [5, 5.41) is 12.2. The van der Waals surface area contributed by atoms with Gasteiger partial charge in [0.1, 0.15) is 24.9 Å². The molecule has 1 N–H and O–H groups in total. The van der Waals surface area contributed by atoms with Crippen molar-refractivity contribution in [3.05, 3.63) is 58.7 Å². The molecule has 25 heavy (non-hydrogen) atoms. The van der Waals surface area contributed by atoms with Crippen molar-refractivity contribution in [2.45, 2.75) is 13.8 Å². The van der Waals surface area contributed by atoms with Gasteiger partial charge in [-0.2, -0.15) is 5.26 Å². The van der Waals surface area contributed by atoms with Crippen molar-refractivity contribution in [2.75, 3.05) is 18.5 Å². The first-order chi connectivity index (χ1) is 12.1. The van der Waals surface area contributed by atoms with E-state index in [1.807, 2.05) is 38.1 Å². The fourth-order valence-electron chi connectivity index (χ4n) is 2.66. The number of nitriles is 1. The highest BCUT2D eigenvalue weighted by Gasteiger charge is 2.14. The molecule has 0 radical (unpaired) electrons. The van der Waals surface area contributed by atoms with E-state index in [9.17, 15) is 10.1 Å². The first kappa shape index (κ1) is 16.6. The molecule has 1 heterocycles. The second kappa shape index (κ2) is 7.10. The molecule has 0 unspecified atom stereocenters. The largest absolute Gasteiger partial charge is 0.486 e. The Morgan fingerprint density at radius 3 is 2.48 bits per heavy atom. The second-order valence-corrected chi connectivity index (χ2v) is 5.79. The molecule has 5 nitrogen and oxygen atoms in total. The minimum absolute atomic E-state index is 0.0272. The summed E-state index contributed by atoms with van der Waals surface area (Å²) in [7, 11) is 0. The number of benzene rings is 2. The topological polar surface area (TPSA) is 71.4 Å². The summed E-state index contributed by atoms with van der Waals surface area (Å²) in [6.07, 6.45) is 1.54. The van der Waals surface area contributed by atoms with Gasteiger partial charge in [0.2, 0.25) is 0 Å². The Balaban J connectivity index is 1.85. The maximum absolute atomic E-state index is 12.5. The maximum Gasteiger partial charge on any atom is 0.266 e. The van der Waals surface area contributed by atoms with Gasteiger partial charge in [-0.1, -0.05) is 24.3 Å². The minimum Gasteiger partial charge on any atom is -0.486 e. The molecule has 0 saturated heterocycles. The van der Waals surface area contributed by atoms with Gasteiger partial charge in [-0.15, -0.1) is 0 Å². The third-order valence-electron chi connectivity index (χ3n) is 3.96. The molecule has 5 heteroatoms. The highest BCUT2D eigenvalue weighted by atomic mass is 16.6. The number of fused-ring (bicyclic) bond motifs is 1. The van der Waals surface area contributed by atoms with Crippen LogP contribution in [-0.4, -0.2) is 19.1 Å². The fourth-order valence-corrected chi connectivity index (χ4v) is 2.66. The van der Waals surface area contributed by atoms with E-state index in [4.69, 9.17) is 9.47 Å². The monoisotopic (exact) mass is 334 g/mol. The highest BCUT2D eigenvalue weighted by molar-refractivity contribution is 6.10. The molecule has 2 aromatic rings. The molecular formula is C20H18N2O3. The van der Waals surface area contributed by atoms with Crippen LogP contribution in [0.1, 0.15) is 16.7 Å². The Kier molecular flexibility index (Phi) is 4.71. The molecule has 0 spiro atoms. The Morgan fingerprint density at radius 1 is 1.12 bits per heavy atom. The number of ether oxygens (including phenoxy) is 2. The van der Waals surface area contributed by atoms with Gasteiger partial charge in [-0.25, -0.2) is 0 Å². The quantitative estimate of drug-likeness (QED) is 0.687. The zero-order valence-corrected chi connectivity index (χ0v) is 14.1. The number of anilines is 1. The lowest BCUT2D eigenvalue weighted by molar-refractivity contribution is -0.112. The number of hydrogen-bond acceptors (Lipinski definition) is 4. The lowest BCUT2D eigenvalue weighted by Gasteiger charge is -2.18. The molecule has 0 aromatic heterocycles. The molecule has 1 aliphatic rings. The van der Waals surface area contributed by atoms with E-state index in [1.165, 1.54) is 0 Å². The predicted molar refractivity (Wildman–Crippen MR) is 95.6 cm³/mol. The average Bonchev–Trinajstić information content (AvgIpc) is 2.62. The van der Waals surface area contributed by atoms with Crippen LogP contribution < -0.4 is 14.8 Å². The number of carbonyl (C=O) groups excluding carboxylic acids is 1. The molecule has 126 valence electrons. The van der Waals surface area contributed by atoms with Gasteiger partial charge in [0.25, 0.3) is 5.91 Å². The van der Waals surface area contributed by atoms with Gasteiger partial charge in [0.15, 0.2) is 11.5 Å². The van der Waals surface area contributed by atoms with Crippen LogP contribution in [0.2, 0.25) is 0 Å². The number of nitrogens with zero attached hydrogens (tertiary/aromatic N) is 1. The number of aryl methyl sites for hydroxylation is 2. The molecule has 3 rings (SSSR count). The average molecular weight is 334 g/mol. The zero-order chi connectivity index (χ0) is 17.8. The summed E-state index contributed by atoms with van der Waals surface area (Å²) in [5.74, 6) is 0.851. The van der Waals surface area contributed by atoms with Gasteiger partial charge in [0, 0.05) is 5.69 Å². The van der Waals surface area contributed by atoms with Crippen LogP contribution in [0.15, 0.2) is 42.0 Å². The third-order valence-corrected chi connectivity index (χ3v) is 3.96. The van der Waals surface area contributed by atoms with Crippen LogP contribution in [0.4, 0.5) is 5.69 Å². The van der Waals surface area contributed by atoms with Gasteiger partial charge < -0.3 is 14.8 Å². The normalized spacial score (nSPS) is 13.1. The number of rotatable bonds is 3. The third kappa shape index (κ3) is 3.64. The standard InChI is InChI=1S/C20H18N2O3/c1-13-4-3-5-14(2)19(13)22-20(23)16(12-21)10-15-6-7-17-18(11-15)25-9-8-24-17/h3-7,10-11H,8-9H2,1-2H3,(H,22,23)/b16-10+. The lowest BCUT2D eigenvalue weighted by atomic mass is 10.1. The molecule has 0 bridgehead atoms. The molecule has 2 aromatic carbocycles. The van der Waals surface area contributed by atoms with E-state index in [-0.39, 0.29) is 5.57 Å². The first-order valence-corrected chi connectivity index (χ1v) is 7.97. The van der Waals surface area contributed by atoms with Crippen molar-refractivity contribution in [1.82, 2.24) is 0 Å². The van der Waals surface area contributed by atoms with Gasteiger partial charge in [-0.3, -0.25) is 4.79 Å². The number of para-hydroxylation sites is 1. The number of amides is 1. The molecule has 1 aliphatic heterocycles. The summed E-state index contributed by atoms with van der Waals surface area (Å²) in [4.78, 5) is 12.5. The molecule has 0 fully saturated rings. The van der Waals surface area contributed by atoms with Gasteiger partial charge >= 0.3 is 0 Å². The van der Waals surface area contributed by atoms with Crippen LogP contribution in [0.25, 0.3) is 6.08 Å². The van der Waals surface area contributed by atoms with Crippen molar-refractivity contribution in [1.29, 1.82) is 5.26 Å². The maximum atomic E-state index is 12.5. The summed E-state index contributed by atoms with van der Waals surface area (Å²) < 4.78 is 11.0. The molecule has 0 saturated carbocycles. The van der Waals surface area contributed by atoms with E-state index >= 15 is 0 Å². The van der Waals surface area contributed by atoms with E-state index in [0.29, 0.717) is 30.3 Å². The van der Waals surface area contributed by atoms with Crippen LogP contribution >= 0.6 is 0 Å². The second-order valence-electron chi connectivity index (χ2n) is 5.79. The van der Waals surface area contributed by atoms with Crippen LogP contribution in [0, 0.1) is 25.2 Å². The van der Waals surface area contributed by atoms with Crippen molar-refractivity contribution in [3.63, 3.8) is 0 Å². The molecular weight excluding hydrogens is 316 g/mol. The SMILES string of the molecule is Cc1cccc(C)c1NC(=O)/C(C#N)=C/c1ccc2c(c1)OCCO2. The summed E-state index contributed by atoms with van der Waals surface area (Å²) in [6, 6.07) is 13.1. The van der Waals surface area contributed by atoms with E-state index in [0.717, 1.165) is 16.8 Å². The van der Waals surface area contributed by atoms with Crippen molar-refractivity contribution in [3.8, 4) is 17.6 Å². The minimum atomic E-state index is -0.435. The number of nitrogens with one attached hydrogen (secondary N) is 1. The predicted octanol–water partition coefficient (Wildman–Crippen LogP) is 3.62. The van der Waals surface area contributed by atoms with Crippen molar-refractivity contribution >= 4 is 17.7 Å². The van der Waals surface area contributed by atoms with E-state index < -0.39 is 5.91 Å². The summed E-state index contributed by atoms with van der Waals surface area (Å²) in [6.45, 7) is 4.83. The van der Waals surface area contributed by atoms with E-state index in [2.05, 4.69) is 5.32 Å². The lowest BCUT2D eigenvalue weighted by Crippen LogP contribution is -2.16.